The summed E-state index contributed by atoms with van der Waals surface area (Å²) < 4.78 is 17.2. The van der Waals surface area contributed by atoms with Crippen molar-refractivity contribution in [2.45, 2.75) is 32.1 Å². The first-order valence-electron chi connectivity index (χ1n) is 14.0. The van der Waals surface area contributed by atoms with Crippen molar-refractivity contribution >= 4 is 35.3 Å². The highest BCUT2D eigenvalue weighted by Gasteiger charge is 2.33. The van der Waals surface area contributed by atoms with E-state index >= 15 is 0 Å². The number of anilines is 1. The van der Waals surface area contributed by atoms with Gasteiger partial charge in [-0.1, -0.05) is 23.7 Å². The molecule has 5 rings (SSSR count). The number of hydrogen-bond acceptors (Lipinski definition) is 6. The summed E-state index contributed by atoms with van der Waals surface area (Å²) >= 11 is 5.98. The van der Waals surface area contributed by atoms with E-state index in [1.54, 1.807) is 13.0 Å². The number of primary amides is 1. The molecule has 0 spiro atoms. The number of amides is 3. The Balaban J connectivity index is 0.000000262. The lowest BCUT2D eigenvalue weighted by Crippen LogP contribution is -2.42. The molecule has 3 heterocycles. The Labute approximate surface area is 249 Å². The van der Waals surface area contributed by atoms with E-state index in [9.17, 15) is 18.8 Å². The highest BCUT2D eigenvalue weighted by Crippen LogP contribution is 2.31. The molecule has 222 valence electrons. The molecule has 3 aromatic rings. The molecule has 3 N–H and O–H groups in total. The number of likely N-dealkylation sites (tertiary alicyclic amines) is 1. The summed E-state index contributed by atoms with van der Waals surface area (Å²) in [5.74, 6) is 1.05. The van der Waals surface area contributed by atoms with E-state index in [1.165, 1.54) is 36.0 Å². The lowest BCUT2D eigenvalue weighted by Gasteiger charge is -2.34. The van der Waals surface area contributed by atoms with Crippen molar-refractivity contribution in [3.05, 3.63) is 88.8 Å². The highest BCUT2D eigenvalue weighted by molar-refractivity contribution is 6.30. The maximum Gasteiger partial charge on any atom is 0.412 e. The van der Waals surface area contributed by atoms with E-state index in [0.29, 0.717) is 23.8 Å². The maximum atomic E-state index is 13.0. The number of halogens is 2. The third-order valence-electron chi connectivity index (χ3n) is 7.39. The minimum Gasteiger partial charge on any atom is -0.410 e. The molecule has 2 aliphatic rings. The monoisotopic (exact) mass is 595 g/mol. The van der Waals surface area contributed by atoms with Crippen LogP contribution in [0.1, 0.15) is 48.0 Å². The fourth-order valence-electron chi connectivity index (χ4n) is 5.09. The van der Waals surface area contributed by atoms with E-state index in [1.807, 2.05) is 23.1 Å². The third kappa shape index (κ3) is 8.42. The largest absolute Gasteiger partial charge is 0.412 e. The summed E-state index contributed by atoms with van der Waals surface area (Å²) in [6, 6.07) is 16.7. The number of carbonyl (C=O) groups excluding carboxylic acids is 3. The molecule has 2 aromatic carbocycles. The van der Waals surface area contributed by atoms with E-state index in [-0.39, 0.29) is 17.6 Å². The van der Waals surface area contributed by atoms with Gasteiger partial charge in [-0.2, -0.15) is 0 Å². The summed E-state index contributed by atoms with van der Waals surface area (Å²) in [6.45, 7) is 5.47. The Morgan fingerprint density at radius 2 is 1.69 bits per heavy atom. The molecule has 2 aliphatic heterocycles. The first kappa shape index (κ1) is 30.8. The molecule has 0 radical (unpaired) electrons. The van der Waals surface area contributed by atoms with E-state index in [2.05, 4.69) is 27.3 Å². The van der Waals surface area contributed by atoms with Crippen LogP contribution in [0.15, 0.2) is 66.9 Å². The van der Waals surface area contributed by atoms with Crippen LogP contribution in [0.4, 0.5) is 15.0 Å². The van der Waals surface area contributed by atoms with E-state index in [0.717, 1.165) is 56.3 Å². The normalized spacial score (nSPS) is 16.8. The molecule has 1 unspecified atom stereocenters. The summed E-state index contributed by atoms with van der Waals surface area (Å²) in [5.41, 5.74) is 6.93. The van der Waals surface area contributed by atoms with Crippen LogP contribution in [-0.4, -0.2) is 60.5 Å². The molecular weight excluding hydrogens is 561 g/mol. The second-order valence-electron chi connectivity index (χ2n) is 10.2. The van der Waals surface area contributed by atoms with Crippen LogP contribution in [0.2, 0.25) is 5.02 Å². The SMILES string of the molecule is CCNC(=O)Oc1ccc(F)cc1.NC(=O)c1ccc(N2CCC(C(=O)N3CCC(c4ccc(Cl)cc4)C3)CC2)nc1. The molecule has 0 saturated carbocycles. The number of aromatic nitrogens is 1. The lowest BCUT2D eigenvalue weighted by atomic mass is 9.95. The second kappa shape index (κ2) is 14.6. The number of benzene rings is 2. The maximum absolute atomic E-state index is 13.0. The first-order valence-corrected chi connectivity index (χ1v) is 14.4. The molecule has 11 heteroatoms. The van der Waals surface area contributed by atoms with Gasteiger partial charge < -0.3 is 25.6 Å². The van der Waals surface area contributed by atoms with Gasteiger partial charge in [0.05, 0.1) is 5.56 Å². The van der Waals surface area contributed by atoms with Crippen LogP contribution in [0.5, 0.6) is 5.75 Å². The number of rotatable bonds is 6. The molecule has 0 bridgehead atoms. The minimum atomic E-state index is -0.533. The van der Waals surface area contributed by atoms with Crippen molar-refractivity contribution in [3.63, 3.8) is 0 Å². The molecule has 1 atom stereocenters. The van der Waals surface area contributed by atoms with Crippen LogP contribution in [0.3, 0.4) is 0 Å². The zero-order valence-electron chi connectivity index (χ0n) is 23.5. The molecule has 42 heavy (non-hydrogen) atoms. The molecule has 1 aromatic heterocycles. The predicted octanol–water partition coefficient (Wildman–Crippen LogP) is 5.00. The Kier molecular flexibility index (Phi) is 10.7. The van der Waals surface area contributed by atoms with Crippen LogP contribution < -0.4 is 20.7 Å². The Bertz CT molecular complexity index is 1350. The number of piperidine rings is 1. The zero-order valence-corrected chi connectivity index (χ0v) is 24.2. The molecule has 0 aliphatic carbocycles. The Morgan fingerprint density at radius 3 is 2.29 bits per heavy atom. The van der Waals surface area contributed by atoms with Gasteiger partial charge in [0, 0.05) is 55.8 Å². The first-order chi connectivity index (χ1) is 20.2. The van der Waals surface area contributed by atoms with Gasteiger partial charge in [-0.15, -0.1) is 0 Å². The predicted molar refractivity (Wildman–Crippen MR) is 159 cm³/mol. The number of nitrogens with two attached hydrogens (primary N) is 1. The zero-order chi connectivity index (χ0) is 30.1. The summed E-state index contributed by atoms with van der Waals surface area (Å²) in [4.78, 5) is 43.6. The molecule has 3 amide bonds. The van der Waals surface area contributed by atoms with Crippen molar-refractivity contribution in [3.8, 4) is 5.75 Å². The van der Waals surface area contributed by atoms with Crippen molar-refractivity contribution in [1.29, 1.82) is 0 Å². The number of ether oxygens (including phenoxy) is 1. The topological polar surface area (TPSA) is 118 Å². The summed E-state index contributed by atoms with van der Waals surface area (Å²) in [5, 5.41) is 3.19. The average Bonchev–Trinajstić information content (AvgIpc) is 3.49. The lowest BCUT2D eigenvalue weighted by molar-refractivity contribution is -0.135. The number of nitrogens with one attached hydrogen (secondary N) is 1. The number of hydrogen-bond donors (Lipinski definition) is 2. The highest BCUT2D eigenvalue weighted by atomic mass is 35.5. The van der Waals surface area contributed by atoms with Gasteiger partial charge >= 0.3 is 6.09 Å². The minimum absolute atomic E-state index is 0.0695. The second-order valence-corrected chi connectivity index (χ2v) is 10.7. The van der Waals surface area contributed by atoms with Gasteiger partial charge in [0.2, 0.25) is 11.8 Å². The fraction of sp³-hybridized carbons (Fsp3) is 0.355. The summed E-state index contributed by atoms with van der Waals surface area (Å²) in [6.07, 6.45) is 3.62. The number of pyridine rings is 1. The van der Waals surface area contributed by atoms with Crippen molar-refractivity contribution in [2.24, 2.45) is 11.7 Å². The quantitative estimate of drug-likeness (QED) is 0.414. The van der Waals surface area contributed by atoms with Gasteiger partial charge in [0.1, 0.15) is 17.4 Å². The van der Waals surface area contributed by atoms with Crippen molar-refractivity contribution in [2.75, 3.05) is 37.6 Å². The van der Waals surface area contributed by atoms with Crippen molar-refractivity contribution < 1.29 is 23.5 Å². The van der Waals surface area contributed by atoms with Crippen LogP contribution in [-0.2, 0) is 4.79 Å². The average molecular weight is 596 g/mol. The van der Waals surface area contributed by atoms with Crippen molar-refractivity contribution in [1.82, 2.24) is 15.2 Å². The molecule has 2 fully saturated rings. The van der Waals surface area contributed by atoms with Gasteiger partial charge in [0.15, 0.2) is 0 Å². The van der Waals surface area contributed by atoms with E-state index < -0.39 is 12.0 Å². The van der Waals surface area contributed by atoms with Gasteiger partial charge in [0.25, 0.3) is 0 Å². The Hall–Kier alpha value is -4.18. The van der Waals surface area contributed by atoms with Crippen LogP contribution in [0, 0.1) is 11.7 Å². The molecular formula is C31H35ClFN5O4. The Morgan fingerprint density at radius 1 is 1.00 bits per heavy atom. The fourth-order valence-corrected chi connectivity index (χ4v) is 5.22. The van der Waals surface area contributed by atoms with E-state index in [4.69, 9.17) is 22.1 Å². The van der Waals surface area contributed by atoms with Crippen LogP contribution >= 0.6 is 11.6 Å². The van der Waals surface area contributed by atoms with Gasteiger partial charge in [-0.3, -0.25) is 9.59 Å². The summed E-state index contributed by atoms with van der Waals surface area (Å²) in [7, 11) is 0. The standard InChI is InChI=1S/C22H25ClN4O2.C9H10FNO2/c23-19-4-1-15(2-5-19)18-9-12-27(14-18)22(29)16-7-10-26(11-8-16)20-6-3-17(13-25-20)21(24)28;1-2-11-9(12)13-8-5-3-7(10)4-6-8/h1-6,13,16,18H,7-12,14H2,(H2,24,28);3-6H,2H2,1H3,(H,11,12). The third-order valence-corrected chi connectivity index (χ3v) is 7.64. The van der Waals surface area contributed by atoms with Gasteiger partial charge in [-0.25, -0.2) is 14.2 Å². The smallest absolute Gasteiger partial charge is 0.410 e. The molecule has 2 saturated heterocycles. The number of nitrogens with zero attached hydrogens (tertiary/aromatic N) is 3. The van der Waals surface area contributed by atoms with Gasteiger partial charge in [-0.05, 0) is 80.3 Å². The van der Waals surface area contributed by atoms with Crippen LogP contribution in [0.25, 0.3) is 0 Å². The molecule has 9 nitrogen and oxygen atoms in total. The number of carbonyl (C=O) groups is 3.